The lowest BCUT2D eigenvalue weighted by Gasteiger charge is -1.99. The van der Waals surface area contributed by atoms with Crippen LogP contribution in [0, 0.1) is 12.8 Å². The summed E-state index contributed by atoms with van der Waals surface area (Å²) in [5, 5.41) is 3.94. The summed E-state index contributed by atoms with van der Waals surface area (Å²) in [5.41, 5.74) is 1.10. The second-order valence-electron chi connectivity index (χ2n) is 2.88. The van der Waals surface area contributed by atoms with Crippen molar-refractivity contribution in [1.82, 2.24) is 9.59 Å². The van der Waals surface area contributed by atoms with Gasteiger partial charge in [0.2, 0.25) is 0 Å². The van der Waals surface area contributed by atoms with Crippen molar-refractivity contribution in [2.45, 2.75) is 27.2 Å². The molecule has 0 bridgehead atoms. The minimum absolute atomic E-state index is 0.709. The molecule has 1 aromatic heterocycles. The Balaban J connectivity index is 2.65. The van der Waals surface area contributed by atoms with E-state index in [1.807, 2.05) is 6.92 Å². The molecule has 0 aliphatic rings. The summed E-state index contributed by atoms with van der Waals surface area (Å²) < 4.78 is 3.87. The first-order valence-electron chi connectivity index (χ1n) is 3.48. The first kappa shape index (κ1) is 7.66. The molecule has 0 saturated carbocycles. The predicted octanol–water partition coefficient (Wildman–Crippen LogP) is 2.05. The average Bonchev–Trinajstić information content (AvgIpc) is 2.15. The van der Waals surface area contributed by atoms with E-state index in [0.717, 1.165) is 12.1 Å². The van der Waals surface area contributed by atoms with Gasteiger partial charge in [0.25, 0.3) is 0 Å². The summed E-state index contributed by atoms with van der Waals surface area (Å²) >= 11 is 1.52. The van der Waals surface area contributed by atoms with Crippen LogP contribution in [-0.4, -0.2) is 9.59 Å². The molecule has 0 unspecified atom stereocenters. The monoisotopic (exact) mass is 156 g/mol. The Morgan fingerprint density at radius 1 is 1.50 bits per heavy atom. The minimum atomic E-state index is 0.709. The van der Waals surface area contributed by atoms with Crippen molar-refractivity contribution in [3.63, 3.8) is 0 Å². The zero-order valence-electron chi connectivity index (χ0n) is 6.59. The number of nitrogens with zero attached hydrogens (tertiary/aromatic N) is 2. The van der Waals surface area contributed by atoms with Gasteiger partial charge in [-0.25, -0.2) is 0 Å². The highest BCUT2D eigenvalue weighted by atomic mass is 32.1. The van der Waals surface area contributed by atoms with Crippen LogP contribution in [0.1, 0.15) is 24.4 Å². The lowest BCUT2D eigenvalue weighted by atomic mass is 10.1. The molecule has 0 fully saturated rings. The molecular weight excluding hydrogens is 144 g/mol. The second-order valence-corrected chi connectivity index (χ2v) is 3.72. The molecule has 1 heterocycles. The lowest BCUT2D eigenvalue weighted by Crippen LogP contribution is -1.92. The maximum atomic E-state index is 3.94. The van der Waals surface area contributed by atoms with E-state index in [-0.39, 0.29) is 0 Å². The van der Waals surface area contributed by atoms with Crippen molar-refractivity contribution < 1.29 is 0 Å². The molecule has 56 valence electrons. The molecule has 1 aromatic rings. The Morgan fingerprint density at radius 3 is 2.60 bits per heavy atom. The second kappa shape index (κ2) is 3.10. The van der Waals surface area contributed by atoms with Crippen LogP contribution in [0.4, 0.5) is 0 Å². The summed E-state index contributed by atoms with van der Waals surface area (Å²) in [6.07, 6.45) is 1.11. The van der Waals surface area contributed by atoms with Crippen molar-refractivity contribution in [3.05, 3.63) is 10.6 Å². The predicted molar refractivity (Wildman–Crippen MR) is 43.2 cm³/mol. The van der Waals surface area contributed by atoms with E-state index >= 15 is 0 Å². The zero-order chi connectivity index (χ0) is 7.56. The smallest absolute Gasteiger partial charge is 0.0756 e. The zero-order valence-corrected chi connectivity index (χ0v) is 7.40. The Bertz CT molecular complexity index is 205. The molecule has 0 N–H and O–H groups in total. The van der Waals surface area contributed by atoms with Gasteiger partial charge < -0.3 is 0 Å². The van der Waals surface area contributed by atoms with E-state index < -0.39 is 0 Å². The third kappa shape index (κ3) is 1.77. The van der Waals surface area contributed by atoms with E-state index in [2.05, 4.69) is 23.4 Å². The van der Waals surface area contributed by atoms with E-state index in [4.69, 9.17) is 0 Å². The molecule has 0 radical (unpaired) electrons. The third-order valence-electron chi connectivity index (χ3n) is 1.34. The maximum absolute atomic E-state index is 3.94. The molecule has 0 aliphatic carbocycles. The maximum Gasteiger partial charge on any atom is 0.0756 e. The third-order valence-corrected chi connectivity index (χ3v) is 2.18. The van der Waals surface area contributed by atoms with Crippen LogP contribution >= 0.6 is 11.5 Å². The quantitative estimate of drug-likeness (QED) is 0.655. The Kier molecular flexibility index (Phi) is 2.38. The SMILES string of the molecule is Cc1nnsc1CC(C)C. The van der Waals surface area contributed by atoms with Gasteiger partial charge in [0.1, 0.15) is 0 Å². The Morgan fingerprint density at radius 2 is 2.20 bits per heavy atom. The molecule has 3 heteroatoms. The van der Waals surface area contributed by atoms with E-state index in [9.17, 15) is 0 Å². The number of hydrogen-bond donors (Lipinski definition) is 0. The van der Waals surface area contributed by atoms with Crippen LogP contribution < -0.4 is 0 Å². The molecule has 0 atom stereocenters. The molecular formula is C7H12N2S. The van der Waals surface area contributed by atoms with Gasteiger partial charge in [-0.05, 0) is 30.8 Å². The van der Waals surface area contributed by atoms with Crippen LogP contribution in [0.3, 0.4) is 0 Å². The van der Waals surface area contributed by atoms with Gasteiger partial charge in [-0.2, -0.15) is 0 Å². The highest BCUT2D eigenvalue weighted by molar-refractivity contribution is 7.05. The first-order chi connectivity index (χ1) is 4.70. The summed E-state index contributed by atoms with van der Waals surface area (Å²) in [6, 6.07) is 0. The van der Waals surface area contributed by atoms with Crippen LogP contribution in [0.15, 0.2) is 0 Å². The van der Waals surface area contributed by atoms with Gasteiger partial charge in [0.15, 0.2) is 0 Å². The van der Waals surface area contributed by atoms with Crippen LogP contribution in [0.5, 0.6) is 0 Å². The Labute approximate surface area is 65.4 Å². The van der Waals surface area contributed by atoms with Gasteiger partial charge in [-0.1, -0.05) is 18.3 Å². The first-order valence-corrected chi connectivity index (χ1v) is 4.25. The van der Waals surface area contributed by atoms with Crippen LogP contribution in [0.2, 0.25) is 0 Å². The number of rotatable bonds is 2. The lowest BCUT2D eigenvalue weighted by molar-refractivity contribution is 0.651. The normalized spacial score (nSPS) is 10.8. The van der Waals surface area contributed by atoms with Gasteiger partial charge in [-0.15, -0.1) is 5.10 Å². The summed E-state index contributed by atoms with van der Waals surface area (Å²) in [4.78, 5) is 1.33. The van der Waals surface area contributed by atoms with E-state index in [1.165, 1.54) is 16.4 Å². The van der Waals surface area contributed by atoms with Gasteiger partial charge in [-0.3, -0.25) is 0 Å². The van der Waals surface area contributed by atoms with E-state index in [0.29, 0.717) is 5.92 Å². The minimum Gasteiger partial charge on any atom is -0.143 e. The topological polar surface area (TPSA) is 25.8 Å². The fourth-order valence-electron chi connectivity index (χ4n) is 0.809. The number of aromatic nitrogens is 2. The fourth-order valence-corrected chi connectivity index (χ4v) is 1.65. The highest BCUT2D eigenvalue weighted by Crippen LogP contribution is 2.13. The standard InChI is InChI=1S/C7H12N2S/c1-5(2)4-7-6(3)8-9-10-7/h5H,4H2,1-3H3. The van der Waals surface area contributed by atoms with Gasteiger partial charge >= 0.3 is 0 Å². The fraction of sp³-hybridized carbons (Fsp3) is 0.714. The summed E-state index contributed by atoms with van der Waals surface area (Å²) in [7, 11) is 0. The average molecular weight is 156 g/mol. The number of hydrogen-bond acceptors (Lipinski definition) is 3. The van der Waals surface area contributed by atoms with Crippen LogP contribution in [-0.2, 0) is 6.42 Å². The summed E-state index contributed by atoms with van der Waals surface area (Å²) in [5.74, 6) is 0.709. The molecule has 0 aromatic carbocycles. The van der Waals surface area contributed by atoms with Crippen molar-refractivity contribution in [3.8, 4) is 0 Å². The molecule has 1 rings (SSSR count). The molecule has 0 saturated heterocycles. The van der Waals surface area contributed by atoms with Gasteiger partial charge in [0, 0.05) is 4.88 Å². The van der Waals surface area contributed by atoms with Crippen molar-refractivity contribution in [2.75, 3.05) is 0 Å². The number of aryl methyl sites for hydroxylation is 1. The molecule has 0 spiro atoms. The van der Waals surface area contributed by atoms with Crippen molar-refractivity contribution in [1.29, 1.82) is 0 Å². The molecule has 0 aliphatic heterocycles. The van der Waals surface area contributed by atoms with Gasteiger partial charge in [0.05, 0.1) is 5.69 Å². The molecule has 10 heavy (non-hydrogen) atoms. The van der Waals surface area contributed by atoms with Crippen molar-refractivity contribution >= 4 is 11.5 Å². The van der Waals surface area contributed by atoms with Crippen LogP contribution in [0.25, 0.3) is 0 Å². The highest BCUT2D eigenvalue weighted by Gasteiger charge is 2.04. The summed E-state index contributed by atoms with van der Waals surface area (Å²) in [6.45, 7) is 6.43. The molecule has 0 amide bonds. The Hall–Kier alpha value is -0.440. The largest absolute Gasteiger partial charge is 0.143 e. The van der Waals surface area contributed by atoms with E-state index in [1.54, 1.807) is 0 Å². The molecule has 2 nitrogen and oxygen atoms in total. The van der Waals surface area contributed by atoms with Crippen molar-refractivity contribution in [2.24, 2.45) is 5.92 Å².